The lowest BCUT2D eigenvalue weighted by Gasteiger charge is -2.37. The van der Waals surface area contributed by atoms with Gasteiger partial charge in [0.2, 0.25) is 5.76 Å². The van der Waals surface area contributed by atoms with Gasteiger partial charge < -0.3 is 13.9 Å². The van der Waals surface area contributed by atoms with Crippen LogP contribution in [0.25, 0.3) is 0 Å². The number of carbonyl (C=O) groups excluding carboxylic acids is 2. The fourth-order valence-corrected chi connectivity index (χ4v) is 3.97. The maximum Gasteiger partial charge on any atom is 0.372 e. The van der Waals surface area contributed by atoms with Crippen molar-refractivity contribution in [1.29, 1.82) is 0 Å². The van der Waals surface area contributed by atoms with Crippen molar-refractivity contribution in [1.82, 2.24) is 0 Å². The van der Waals surface area contributed by atoms with E-state index in [0.29, 0.717) is 12.0 Å². The molecule has 0 atom stereocenters. The van der Waals surface area contributed by atoms with Crippen LogP contribution in [0.5, 0.6) is 0 Å². The van der Waals surface area contributed by atoms with Gasteiger partial charge in [-0.3, -0.25) is 0 Å². The normalized spacial score (nSPS) is 12.9. The highest BCUT2D eigenvalue weighted by Gasteiger charge is 2.41. The largest absolute Gasteiger partial charge is 0.538 e. The molecule has 0 bridgehead atoms. The summed E-state index contributed by atoms with van der Waals surface area (Å²) in [7, 11) is 0.334. The van der Waals surface area contributed by atoms with Crippen LogP contribution in [0.15, 0.2) is 11.3 Å². The fourth-order valence-electron chi connectivity index (χ4n) is 2.95. The summed E-state index contributed by atoms with van der Waals surface area (Å²) in [6.45, 7) is 12.6. The van der Waals surface area contributed by atoms with E-state index in [4.69, 9.17) is 13.9 Å². The molecule has 176 valence electrons. The van der Waals surface area contributed by atoms with Crippen LogP contribution in [0.1, 0.15) is 98.3 Å². The molecule has 0 N–H and O–H groups in total. The molecule has 0 rings (SSSR count). The molecule has 6 heteroatoms. The molecule has 0 spiro atoms. The van der Waals surface area contributed by atoms with Crippen molar-refractivity contribution in [3.63, 3.8) is 0 Å². The summed E-state index contributed by atoms with van der Waals surface area (Å²) in [5.74, 6) is -1.08. The molecule has 0 amide bonds. The zero-order valence-electron chi connectivity index (χ0n) is 20.8. The number of hydrogen-bond acceptors (Lipinski definition) is 5. The molecule has 0 aromatic rings. The molecule has 0 aliphatic carbocycles. The van der Waals surface area contributed by atoms with E-state index in [2.05, 4.69) is 27.7 Å². The highest BCUT2D eigenvalue weighted by atomic mass is 28.4. The minimum absolute atomic E-state index is 0.0341. The van der Waals surface area contributed by atoms with E-state index in [-0.39, 0.29) is 10.8 Å². The quantitative estimate of drug-likeness (QED) is 0.0905. The lowest BCUT2D eigenvalue weighted by molar-refractivity contribution is -0.141. The second kappa shape index (κ2) is 14.7. The third kappa shape index (κ3) is 10.6. The molecule has 0 aliphatic rings. The van der Waals surface area contributed by atoms with Gasteiger partial charge in [0.05, 0.1) is 19.8 Å². The van der Waals surface area contributed by atoms with Crippen LogP contribution < -0.4 is 0 Å². The lowest BCUT2D eigenvalue weighted by atomic mass is 10.0. The van der Waals surface area contributed by atoms with Gasteiger partial charge in [0.1, 0.15) is 0 Å². The summed E-state index contributed by atoms with van der Waals surface area (Å²) >= 11 is 0. The zero-order chi connectivity index (χ0) is 23.2. The Morgan fingerprint density at radius 3 is 1.57 bits per heavy atom. The van der Waals surface area contributed by atoms with Crippen LogP contribution in [0, 0.1) is 0 Å². The number of hydrogen-bond donors (Lipinski definition) is 0. The Hall–Kier alpha value is -1.30. The maximum atomic E-state index is 12.5. The molecule has 5 nitrogen and oxygen atoms in total. The second-order valence-electron chi connectivity index (χ2n) is 9.59. The lowest BCUT2D eigenvalue weighted by Crippen LogP contribution is -2.42. The molecule has 0 aliphatic heterocycles. The zero-order valence-corrected chi connectivity index (χ0v) is 21.8. The molecule has 0 radical (unpaired) electrons. The SMILES string of the molecule is CCCCCCCCCCCCC(C(=O)OC)=C(O[Si](C)(C)C(C)(C)C)C(=O)OC. The molecular weight excluding hydrogens is 396 g/mol. The third-order valence-electron chi connectivity index (χ3n) is 6.02. The van der Waals surface area contributed by atoms with E-state index in [1.165, 1.54) is 59.2 Å². The second-order valence-corrected chi connectivity index (χ2v) is 14.3. The van der Waals surface area contributed by atoms with E-state index < -0.39 is 20.3 Å². The fraction of sp³-hybridized carbons (Fsp3) is 0.833. The van der Waals surface area contributed by atoms with Gasteiger partial charge in [0, 0.05) is 0 Å². The van der Waals surface area contributed by atoms with Crippen molar-refractivity contribution in [2.45, 2.75) is 116 Å². The summed E-state index contributed by atoms with van der Waals surface area (Å²) in [6.07, 6.45) is 12.5. The molecule has 0 aromatic carbocycles. The summed E-state index contributed by atoms with van der Waals surface area (Å²) in [5.41, 5.74) is 0.300. The summed E-state index contributed by atoms with van der Waals surface area (Å²) in [4.78, 5) is 24.9. The number of rotatable bonds is 15. The Morgan fingerprint density at radius 2 is 1.17 bits per heavy atom. The van der Waals surface area contributed by atoms with Crippen LogP contribution in [0.3, 0.4) is 0 Å². The topological polar surface area (TPSA) is 61.8 Å². The van der Waals surface area contributed by atoms with Gasteiger partial charge >= 0.3 is 11.9 Å². The van der Waals surface area contributed by atoms with Crippen LogP contribution >= 0.6 is 0 Å². The number of carbonyl (C=O) groups is 2. The van der Waals surface area contributed by atoms with E-state index in [1.807, 2.05) is 13.1 Å². The van der Waals surface area contributed by atoms with Crippen molar-refractivity contribution < 1.29 is 23.5 Å². The van der Waals surface area contributed by atoms with Gasteiger partial charge in [-0.1, -0.05) is 85.5 Å². The average molecular weight is 443 g/mol. The van der Waals surface area contributed by atoms with Crippen molar-refractivity contribution in [2.75, 3.05) is 14.2 Å². The molecule has 0 saturated heterocycles. The minimum Gasteiger partial charge on any atom is -0.538 e. The van der Waals surface area contributed by atoms with Gasteiger partial charge in [-0.25, -0.2) is 9.59 Å². The molecule has 30 heavy (non-hydrogen) atoms. The van der Waals surface area contributed by atoms with Crippen LogP contribution in [-0.2, 0) is 23.5 Å². The number of unbranched alkanes of at least 4 members (excludes halogenated alkanes) is 9. The van der Waals surface area contributed by atoms with Gasteiger partial charge in [0.25, 0.3) is 8.32 Å². The number of esters is 2. The molecular formula is C24H46O5Si. The monoisotopic (exact) mass is 442 g/mol. The standard InChI is InChI=1S/C24H46O5Si/c1-9-10-11-12-13-14-15-16-17-18-19-20(22(25)27-5)21(23(26)28-6)29-30(7,8)24(2,3)4/h9-19H2,1-8H3. The molecule has 0 unspecified atom stereocenters. The van der Waals surface area contributed by atoms with Crippen molar-refractivity contribution in [3.05, 3.63) is 11.3 Å². The average Bonchev–Trinajstić information content (AvgIpc) is 2.68. The predicted octanol–water partition coefficient (Wildman–Crippen LogP) is 6.92. The van der Waals surface area contributed by atoms with Crippen molar-refractivity contribution in [3.8, 4) is 0 Å². The van der Waals surface area contributed by atoms with E-state index >= 15 is 0 Å². The summed E-state index contributed by atoms with van der Waals surface area (Å²) < 4.78 is 16.1. The first-order chi connectivity index (χ1) is 14.0. The van der Waals surface area contributed by atoms with Gasteiger partial charge in [-0.2, -0.15) is 0 Å². The van der Waals surface area contributed by atoms with Crippen molar-refractivity contribution >= 4 is 20.3 Å². The van der Waals surface area contributed by atoms with Crippen LogP contribution in [-0.4, -0.2) is 34.5 Å². The molecule has 0 fully saturated rings. The van der Waals surface area contributed by atoms with E-state index in [9.17, 15) is 9.59 Å². The summed E-state index contributed by atoms with van der Waals surface area (Å²) in [6, 6.07) is 0. The first-order valence-corrected chi connectivity index (χ1v) is 14.5. The van der Waals surface area contributed by atoms with E-state index in [0.717, 1.165) is 19.3 Å². The Labute approximate surface area is 186 Å². The smallest absolute Gasteiger partial charge is 0.372 e. The highest BCUT2D eigenvalue weighted by molar-refractivity contribution is 6.74. The first-order valence-electron chi connectivity index (χ1n) is 11.6. The Bertz CT molecular complexity index is 546. The summed E-state index contributed by atoms with van der Waals surface area (Å²) in [5, 5.41) is -0.107. The number of ether oxygens (including phenoxy) is 2. The van der Waals surface area contributed by atoms with Gasteiger partial charge in [0.15, 0.2) is 0 Å². The van der Waals surface area contributed by atoms with Crippen LogP contribution in [0.2, 0.25) is 18.1 Å². The van der Waals surface area contributed by atoms with Crippen molar-refractivity contribution in [2.24, 2.45) is 0 Å². The third-order valence-corrected chi connectivity index (χ3v) is 10.3. The van der Waals surface area contributed by atoms with E-state index in [1.54, 1.807) is 0 Å². The Balaban J connectivity index is 4.99. The molecule has 0 heterocycles. The van der Waals surface area contributed by atoms with Gasteiger partial charge in [-0.15, -0.1) is 0 Å². The first kappa shape index (κ1) is 28.7. The molecule has 0 aromatic heterocycles. The Morgan fingerprint density at radius 1 is 0.733 bits per heavy atom. The Kier molecular flexibility index (Phi) is 14.0. The maximum absolute atomic E-state index is 12.5. The van der Waals surface area contributed by atoms with Gasteiger partial charge in [-0.05, 0) is 31.0 Å². The number of methoxy groups -OCH3 is 2. The molecule has 0 saturated carbocycles. The highest BCUT2D eigenvalue weighted by Crippen LogP contribution is 2.39. The predicted molar refractivity (Wildman–Crippen MR) is 126 cm³/mol. The minimum atomic E-state index is -2.31. The van der Waals surface area contributed by atoms with Crippen LogP contribution in [0.4, 0.5) is 0 Å².